The summed E-state index contributed by atoms with van der Waals surface area (Å²) in [6.45, 7) is 7.65. The summed E-state index contributed by atoms with van der Waals surface area (Å²) in [6, 6.07) is 2.95. The van der Waals surface area contributed by atoms with Crippen LogP contribution >= 0.6 is 34.5 Å². The van der Waals surface area contributed by atoms with Gasteiger partial charge in [0.2, 0.25) is 0 Å². The minimum absolute atomic E-state index is 0.334. The predicted octanol–water partition coefficient (Wildman–Crippen LogP) is 3.80. The lowest BCUT2D eigenvalue weighted by Crippen LogP contribution is -2.38. The molecule has 1 aromatic heterocycles. The summed E-state index contributed by atoms with van der Waals surface area (Å²) in [5, 5.41) is 3.42. The molecule has 5 heteroatoms. The first-order valence-corrected chi connectivity index (χ1v) is 7.62. The van der Waals surface area contributed by atoms with Gasteiger partial charge < -0.3 is 5.32 Å². The molecule has 0 aliphatic carbocycles. The van der Waals surface area contributed by atoms with E-state index in [0.29, 0.717) is 12.1 Å². The maximum atomic E-state index is 6.24. The van der Waals surface area contributed by atoms with Gasteiger partial charge in [0.05, 0.1) is 8.67 Å². The van der Waals surface area contributed by atoms with Crippen LogP contribution in [0.4, 0.5) is 0 Å². The van der Waals surface area contributed by atoms with E-state index in [0.717, 1.165) is 33.9 Å². The van der Waals surface area contributed by atoms with Gasteiger partial charge >= 0.3 is 0 Å². The van der Waals surface area contributed by atoms with Crippen LogP contribution in [0.2, 0.25) is 8.67 Å². The number of thiophene rings is 1. The van der Waals surface area contributed by atoms with Crippen LogP contribution in [0.15, 0.2) is 6.07 Å². The number of hydrogen-bond acceptors (Lipinski definition) is 3. The van der Waals surface area contributed by atoms with Crippen molar-refractivity contribution in [1.29, 1.82) is 0 Å². The van der Waals surface area contributed by atoms with E-state index < -0.39 is 0 Å². The molecule has 0 amide bonds. The van der Waals surface area contributed by atoms with Crippen molar-refractivity contribution >= 4 is 34.5 Å². The molecule has 1 aliphatic rings. The summed E-state index contributed by atoms with van der Waals surface area (Å²) < 4.78 is 1.60. The third-order valence-corrected chi connectivity index (χ3v) is 5.02. The highest BCUT2D eigenvalue weighted by molar-refractivity contribution is 7.20. The molecule has 0 bridgehead atoms. The number of rotatable bonds is 4. The summed E-state index contributed by atoms with van der Waals surface area (Å²) in [5.74, 6) is 0. The Morgan fingerprint density at radius 2 is 2.35 bits per heavy atom. The molecule has 1 aliphatic heterocycles. The SMILES string of the molecule is CCN(C1CCNC1)C(C)c1cc(Cl)sc1Cl. The topological polar surface area (TPSA) is 15.3 Å². The molecular weight excluding hydrogens is 275 g/mol. The standard InChI is InChI=1S/C12H18Cl2N2S/c1-3-16(9-4-5-15-7-9)8(2)10-6-11(13)17-12(10)14/h6,8-9,15H,3-5,7H2,1-2H3. The Morgan fingerprint density at radius 1 is 1.59 bits per heavy atom. The van der Waals surface area contributed by atoms with Crippen LogP contribution in [0, 0.1) is 0 Å². The van der Waals surface area contributed by atoms with Gasteiger partial charge in [0, 0.05) is 24.2 Å². The molecule has 1 saturated heterocycles. The summed E-state index contributed by atoms with van der Waals surface area (Å²) in [4.78, 5) is 2.50. The van der Waals surface area contributed by atoms with Gasteiger partial charge in [-0.25, -0.2) is 0 Å². The molecule has 0 saturated carbocycles. The molecule has 1 fully saturated rings. The number of likely N-dealkylation sites (N-methyl/N-ethyl adjacent to an activating group) is 1. The highest BCUT2D eigenvalue weighted by Gasteiger charge is 2.27. The van der Waals surface area contributed by atoms with Gasteiger partial charge in [-0.1, -0.05) is 30.1 Å². The first-order chi connectivity index (χ1) is 8.13. The molecule has 2 heterocycles. The molecular formula is C12H18Cl2N2S. The Kier molecular flexibility index (Phi) is 4.72. The van der Waals surface area contributed by atoms with Crippen LogP contribution in [0.25, 0.3) is 0 Å². The minimum atomic E-state index is 0.334. The molecule has 0 radical (unpaired) electrons. The molecule has 0 aromatic carbocycles. The van der Waals surface area contributed by atoms with Gasteiger partial charge in [0.25, 0.3) is 0 Å². The van der Waals surface area contributed by atoms with E-state index in [9.17, 15) is 0 Å². The zero-order valence-electron chi connectivity index (χ0n) is 10.2. The van der Waals surface area contributed by atoms with E-state index in [1.165, 1.54) is 17.8 Å². The summed E-state index contributed by atoms with van der Waals surface area (Å²) >= 11 is 13.7. The van der Waals surface area contributed by atoms with Gasteiger partial charge in [-0.05, 0) is 32.5 Å². The minimum Gasteiger partial charge on any atom is -0.315 e. The Morgan fingerprint density at radius 3 is 2.82 bits per heavy atom. The second-order valence-corrected chi connectivity index (χ2v) is 6.72. The lowest BCUT2D eigenvalue weighted by Gasteiger charge is -2.33. The van der Waals surface area contributed by atoms with Crippen molar-refractivity contribution in [2.45, 2.75) is 32.4 Å². The quantitative estimate of drug-likeness (QED) is 0.908. The summed E-state index contributed by atoms with van der Waals surface area (Å²) in [6.07, 6.45) is 1.22. The lowest BCUT2D eigenvalue weighted by molar-refractivity contribution is 0.163. The van der Waals surface area contributed by atoms with Gasteiger partial charge in [0.15, 0.2) is 0 Å². The van der Waals surface area contributed by atoms with E-state index in [1.54, 1.807) is 0 Å². The van der Waals surface area contributed by atoms with Crippen molar-refractivity contribution in [2.75, 3.05) is 19.6 Å². The fraction of sp³-hybridized carbons (Fsp3) is 0.667. The van der Waals surface area contributed by atoms with Crippen molar-refractivity contribution in [3.63, 3.8) is 0 Å². The third-order valence-electron chi connectivity index (χ3n) is 3.50. The van der Waals surface area contributed by atoms with E-state index in [2.05, 4.69) is 24.1 Å². The number of nitrogens with one attached hydrogen (secondary N) is 1. The van der Waals surface area contributed by atoms with Gasteiger partial charge in [-0.15, -0.1) is 11.3 Å². The molecule has 1 N–H and O–H groups in total. The lowest BCUT2D eigenvalue weighted by atomic mass is 10.1. The largest absolute Gasteiger partial charge is 0.315 e. The van der Waals surface area contributed by atoms with E-state index in [4.69, 9.17) is 23.2 Å². The first-order valence-electron chi connectivity index (χ1n) is 6.04. The average Bonchev–Trinajstić information content (AvgIpc) is 2.89. The second-order valence-electron chi connectivity index (χ2n) is 4.43. The smallest absolute Gasteiger partial charge is 0.0991 e. The Balaban J connectivity index is 2.16. The molecule has 17 heavy (non-hydrogen) atoms. The highest BCUT2D eigenvalue weighted by Crippen LogP contribution is 2.37. The second kappa shape index (κ2) is 5.89. The molecule has 2 nitrogen and oxygen atoms in total. The van der Waals surface area contributed by atoms with Crippen LogP contribution < -0.4 is 5.32 Å². The molecule has 2 rings (SSSR count). The molecule has 2 unspecified atom stereocenters. The van der Waals surface area contributed by atoms with Gasteiger partial charge in [0.1, 0.15) is 0 Å². The molecule has 96 valence electrons. The Bertz CT molecular complexity index is 375. The number of hydrogen-bond donors (Lipinski definition) is 1. The normalized spacial score (nSPS) is 22.3. The van der Waals surface area contributed by atoms with Crippen molar-refractivity contribution in [1.82, 2.24) is 10.2 Å². The van der Waals surface area contributed by atoms with Crippen LogP contribution in [0.1, 0.15) is 31.9 Å². The van der Waals surface area contributed by atoms with Crippen LogP contribution in [-0.2, 0) is 0 Å². The fourth-order valence-corrected chi connectivity index (χ4v) is 4.22. The van der Waals surface area contributed by atoms with Gasteiger partial charge in [-0.2, -0.15) is 0 Å². The van der Waals surface area contributed by atoms with Crippen LogP contribution in [-0.4, -0.2) is 30.6 Å². The molecule has 0 spiro atoms. The van der Waals surface area contributed by atoms with Crippen molar-refractivity contribution in [2.24, 2.45) is 0 Å². The Labute approximate surface area is 117 Å². The Hall–Kier alpha value is 0.200. The van der Waals surface area contributed by atoms with Crippen molar-refractivity contribution in [3.05, 3.63) is 20.3 Å². The maximum absolute atomic E-state index is 6.24. The van der Waals surface area contributed by atoms with Gasteiger partial charge in [-0.3, -0.25) is 4.90 Å². The number of halogens is 2. The van der Waals surface area contributed by atoms with Crippen molar-refractivity contribution in [3.8, 4) is 0 Å². The zero-order chi connectivity index (χ0) is 12.4. The molecule has 2 atom stereocenters. The zero-order valence-corrected chi connectivity index (χ0v) is 12.5. The summed E-state index contributed by atoms with van der Waals surface area (Å²) in [5.41, 5.74) is 1.16. The first kappa shape index (κ1) is 13.6. The van der Waals surface area contributed by atoms with E-state index in [1.807, 2.05) is 6.07 Å². The monoisotopic (exact) mass is 292 g/mol. The van der Waals surface area contributed by atoms with E-state index in [-0.39, 0.29) is 0 Å². The summed E-state index contributed by atoms with van der Waals surface area (Å²) in [7, 11) is 0. The highest BCUT2D eigenvalue weighted by atomic mass is 35.5. The maximum Gasteiger partial charge on any atom is 0.0991 e. The molecule has 1 aromatic rings. The fourth-order valence-electron chi connectivity index (χ4n) is 2.59. The van der Waals surface area contributed by atoms with E-state index >= 15 is 0 Å². The predicted molar refractivity (Wildman–Crippen MR) is 76.4 cm³/mol. The third kappa shape index (κ3) is 2.96. The van der Waals surface area contributed by atoms with Crippen LogP contribution in [0.5, 0.6) is 0 Å². The van der Waals surface area contributed by atoms with Crippen LogP contribution in [0.3, 0.4) is 0 Å². The number of nitrogens with zero attached hydrogens (tertiary/aromatic N) is 1. The van der Waals surface area contributed by atoms with Crippen molar-refractivity contribution < 1.29 is 0 Å². The average molecular weight is 293 g/mol.